The number of ether oxygens (including phenoxy) is 1. The Bertz CT molecular complexity index is 318. The number of imidazole rings is 1. The van der Waals surface area contributed by atoms with Gasteiger partial charge in [0.15, 0.2) is 0 Å². The SMILES string of the molecule is Cn1c2c(n(C)c1=O)COC2. The number of rotatable bonds is 0. The first-order valence-electron chi connectivity index (χ1n) is 3.53. The molecule has 2 rings (SSSR count). The van der Waals surface area contributed by atoms with Crippen LogP contribution in [-0.4, -0.2) is 9.13 Å². The quantitative estimate of drug-likeness (QED) is 0.516. The van der Waals surface area contributed by atoms with Gasteiger partial charge in [0.1, 0.15) is 0 Å². The molecule has 0 saturated heterocycles. The Morgan fingerprint density at radius 3 is 2.09 bits per heavy atom. The third kappa shape index (κ3) is 0.699. The van der Waals surface area contributed by atoms with Crippen molar-refractivity contribution < 1.29 is 4.74 Å². The number of aromatic nitrogens is 2. The van der Waals surface area contributed by atoms with Crippen molar-refractivity contribution in [3.8, 4) is 0 Å². The molecular formula is C7H10N2O2. The van der Waals surface area contributed by atoms with E-state index in [0.29, 0.717) is 13.2 Å². The second-order valence-electron chi connectivity index (χ2n) is 2.79. The summed E-state index contributed by atoms with van der Waals surface area (Å²) < 4.78 is 8.47. The van der Waals surface area contributed by atoms with Crippen LogP contribution in [0.25, 0.3) is 0 Å². The minimum atomic E-state index is 0.0401. The lowest BCUT2D eigenvalue weighted by Gasteiger charge is -1.93. The maximum Gasteiger partial charge on any atom is 0.328 e. The second-order valence-corrected chi connectivity index (χ2v) is 2.79. The predicted octanol–water partition coefficient (Wildman–Crippen LogP) is -0.246. The van der Waals surface area contributed by atoms with Crippen molar-refractivity contribution in [1.82, 2.24) is 9.13 Å². The fraction of sp³-hybridized carbons (Fsp3) is 0.571. The van der Waals surface area contributed by atoms with E-state index in [1.54, 1.807) is 23.2 Å². The zero-order chi connectivity index (χ0) is 8.01. The van der Waals surface area contributed by atoms with E-state index in [0.717, 1.165) is 11.4 Å². The van der Waals surface area contributed by atoms with Gasteiger partial charge in [0.25, 0.3) is 0 Å². The molecule has 4 nitrogen and oxygen atoms in total. The standard InChI is InChI=1S/C7H10N2O2/c1-8-5-3-11-4-6(5)9(2)7(8)10/h3-4H2,1-2H3. The Labute approximate surface area is 64.0 Å². The van der Waals surface area contributed by atoms with Crippen LogP contribution in [0.5, 0.6) is 0 Å². The molecule has 0 N–H and O–H groups in total. The summed E-state index contributed by atoms with van der Waals surface area (Å²) in [7, 11) is 3.55. The maximum absolute atomic E-state index is 11.3. The molecule has 0 atom stereocenters. The molecular weight excluding hydrogens is 144 g/mol. The molecule has 1 aliphatic heterocycles. The van der Waals surface area contributed by atoms with Crippen LogP contribution in [0.4, 0.5) is 0 Å². The first-order chi connectivity index (χ1) is 5.22. The topological polar surface area (TPSA) is 36.2 Å². The first-order valence-corrected chi connectivity index (χ1v) is 3.53. The number of hydrogen-bond donors (Lipinski definition) is 0. The van der Waals surface area contributed by atoms with Gasteiger partial charge in [0, 0.05) is 14.1 Å². The van der Waals surface area contributed by atoms with Gasteiger partial charge in [0.05, 0.1) is 24.6 Å². The number of fused-ring (bicyclic) bond motifs is 1. The predicted molar refractivity (Wildman–Crippen MR) is 39.1 cm³/mol. The minimum absolute atomic E-state index is 0.0401. The molecule has 60 valence electrons. The summed E-state index contributed by atoms with van der Waals surface area (Å²) in [6, 6.07) is 0. The Hall–Kier alpha value is -1.03. The molecule has 0 aromatic carbocycles. The first kappa shape index (κ1) is 6.67. The van der Waals surface area contributed by atoms with Crippen LogP contribution >= 0.6 is 0 Å². The molecule has 0 amide bonds. The molecule has 1 aromatic heterocycles. The van der Waals surface area contributed by atoms with Crippen molar-refractivity contribution in [3.05, 3.63) is 21.9 Å². The molecule has 0 bridgehead atoms. The Kier molecular flexibility index (Phi) is 1.20. The molecule has 0 saturated carbocycles. The molecule has 11 heavy (non-hydrogen) atoms. The van der Waals surface area contributed by atoms with E-state index < -0.39 is 0 Å². The van der Waals surface area contributed by atoms with Crippen molar-refractivity contribution in [2.24, 2.45) is 14.1 Å². The van der Waals surface area contributed by atoms with E-state index in [1.165, 1.54) is 0 Å². The summed E-state index contributed by atoms with van der Waals surface area (Å²) in [6.07, 6.45) is 0. The number of hydrogen-bond acceptors (Lipinski definition) is 2. The summed E-state index contributed by atoms with van der Waals surface area (Å²) in [5.41, 5.74) is 2.06. The largest absolute Gasteiger partial charge is 0.369 e. The molecule has 1 aliphatic rings. The molecule has 4 heteroatoms. The van der Waals surface area contributed by atoms with Gasteiger partial charge in [-0.25, -0.2) is 4.79 Å². The van der Waals surface area contributed by atoms with Crippen LogP contribution in [0.3, 0.4) is 0 Å². The second kappa shape index (κ2) is 1.98. The molecule has 0 fully saturated rings. The van der Waals surface area contributed by atoms with Crippen LogP contribution in [0.15, 0.2) is 4.79 Å². The van der Waals surface area contributed by atoms with E-state index in [9.17, 15) is 4.79 Å². The molecule has 0 aliphatic carbocycles. The third-order valence-corrected chi connectivity index (χ3v) is 2.19. The third-order valence-electron chi connectivity index (χ3n) is 2.19. The molecule has 0 spiro atoms. The lowest BCUT2D eigenvalue weighted by atomic mass is 10.4. The van der Waals surface area contributed by atoms with Gasteiger partial charge in [-0.15, -0.1) is 0 Å². The van der Waals surface area contributed by atoms with Gasteiger partial charge >= 0.3 is 5.69 Å². The van der Waals surface area contributed by atoms with Crippen molar-refractivity contribution in [2.75, 3.05) is 0 Å². The van der Waals surface area contributed by atoms with Gasteiger partial charge in [-0.1, -0.05) is 0 Å². The molecule has 0 radical (unpaired) electrons. The number of nitrogens with zero attached hydrogens (tertiary/aromatic N) is 2. The highest BCUT2D eigenvalue weighted by molar-refractivity contribution is 5.16. The van der Waals surface area contributed by atoms with E-state index in [1.807, 2.05) is 0 Å². The Balaban J connectivity index is 2.78. The van der Waals surface area contributed by atoms with Gasteiger partial charge < -0.3 is 4.74 Å². The van der Waals surface area contributed by atoms with Crippen molar-refractivity contribution in [1.29, 1.82) is 0 Å². The normalized spacial score (nSPS) is 15.5. The minimum Gasteiger partial charge on any atom is -0.369 e. The summed E-state index contributed by atoms with van der Waals surface area (Å²) >= 11 is 0. The Morgan fingerprint density at radius 2 is 1.64 bits per heavy atom. The van der Waals surface area contributed by atoms with E-state index >= 15 is 0 Å². The van der Waals surface area contributed by atoms with Crippen molar-refractivity contribution in [2.45, 2.75) is 13.2 Å². The van der Waals surface area contributed by atoms with Crippen molar-refractivity contribution in [3.63, 3.8) is 0 Å². The lowest BCUT2D eigenvalue weighted by molar-refractivity contribution is 0.127. The van der Waals surface area contributed by atoms with E-state index in [4.69, 9.17) is 4.74 Å². The average molecular weight is 154 g/mol. The lowest BCUT2D eigenvalue weighted by Crippen LogP contribution is -2.21. The van der Waals surface area contributed by atoms with Crippen LogP contribution in [-0.2, 0) is 32.0 Å². The van der Waals surface area contributed by atoms with E-state index in [-0.39, 0.29) is 5.69 Å². The van der Waals surface area contributed by atoms with Crippen LogP contribution in [0, 0.1) is 0 Å². The summed E-state index contributed by atoms with van der Waals surface area (Å²) in [5, 5.41) is 0. The summed E-state index contributed by atoms with van der Waals surface area (Å²) in [4.78, 5) is 11.3. The maximum atomic E-state index is 11.3. The van der Waals surface area contributed by atoms with Crippen LogP contribution in [0.1, 0.15) is 11.4 Å². The van der Waals surface area contributed by atoms with Gasteiger partial charge in [-0.3, -0.25) is 9.13 Å². The molecule has 0 unspecified atom stereocenters. The van der Waals surface area contributed by atoms with Crippen LogP contribution in [0.2, 0.25) is 0 Å². The average Bonchev–Trinajstić information content (AvgIpc) is 2.53. The van der Waals surface area contributed by atoms with E-state index in [2.05, 4.69) is 0 Å². The smallest absolute Gasteiger partial charge is 0.328 e. The zero-order valence-electron chi connectivity index (χ0n) is 6.63. The van der Waals surface area contributed by atoms with Gasteiger partial charge in [0.2, 0.25) is 0 Å². The van der Waals surface area contributed by atoms with Gasteiger partial charge in [-0.05, 0) is 0 Å². The van der Waals surface area contributed by atoms with Crippen LogP contribution < -0.4 is 5.69 Å². The Morgan fingerprint density at radius 1 is 1.18 bits per heavy atom. The highest BCUT2D eigenvalue weighted by Gasteiger charge is 2.20. The fourth-order valence-corrected chi connectivity index (χ4v) is 1.45. The monoisotopic (exact) mass is 154 g/mol. The summed E-state index contributed by atoms with van der Waals surface area (Å²) in [6.45, 7) is 1.14. The summed E-state index contributed by atoms with van der Waals surface area (Å²) in [5.74, 6) is 0. The molecule has 2 heterocycles. The fourth-order valence-electron chi connectivity index (χ4n) is 1.45. The highest BCUT2D eigenvalue weighted by atomic mass is 16.5. The highest BCUT2D eigenvalue weighted by Crippen LogP contribution is 2.16. The zero-order valence-corrected chi connectivity index (χ0v) is 6.63. The molecule has 1 aromatic rings. The van der Waals surface area contributed by atoms with Crippen molar-refractivity contribution >= 4 is 0 Å². The van der Waals surface area contributed by atoms with Gasteiger partial charge in [-0.2, -0.15) is 0 Å².